The SMILES string of the molecule is Cc1cc(C)cc(NC(=O)CNc2ccc(Oc3ccncc3)cc2)c1. The van der Waals surface area contributed by atoms with E-state index >= 15 is 0 Å². The molecule has 0 atom stereocenters. The molecule has 1 aromatic heterocycles. The van der Waals surface area contributed by atoms with Gasteiger partial charge in [0.15, 0.2) is 0 Å². The molecule has 5 heteroatoms. The highest BCUT2D eigenvalue weighted by atomic mass is 16.5. The highest BCUT2D eigenvalue weighted by Gasteiger charge is 2.04. The molecule has 1 amide bonds. The van der Waals surface area contributed by atoms with E-state index in [1.54, 1.807) is 24.5 Å². The molecular weight excluding hydrogens is 326 g/mol. The summed E-state index contributed by atoms with van der Waals surface area (Å²) in [6.45, 7) is 4.21. The summed E-state index contributed by atoms with van der Waals surface area (Å²) < 4.78 is 5.71. The fourth-order valence-electron chi connectivity index (χ4n) is 2.62. The van der Waals surface area contributed by atoms with E-state index in [4.69, 9.17) is 4.74 Å². The summed E-state index contributed by atoms with van der Waals surface area (Å²) in [7, 11) is 0. The minimum absolute atomic E-state index is 0.0906. The Hall–Kier alpha value is -3.34. The van der Waals surface area contributed by atoms with Crippen molar-refractivity contribution in [2.45, 2.75) is 13.8 Å². The number of carbonyl (C=O) groups excluding carboxylic acids is 1. The number of carbonyl (C=O) groups is 1. The third kappa shape index (κ3) is 5.08. The molecule has 0 aliphatic rings. The predicted octanol–water partition coefficient (Wildman–Crippen LogP) is 4.54. The summed E-state index contributed by atoms with van der Waals surface area (Å²) in [5.74, 6) is 1.36. The number of hydrogen-bond donors (Lipinski definition) is 2. The number of aryl methyl sites for hydroxylation is 2. The number of rotatable bonds is 6. The first kappa shape index (κ1) is 17.5. The van der Waals surface area contributed by atoms with Gasteiger partial charge < -0.3 is 15.4 Å². The summed E-state index contributed by atoms with van der Waals surface area (Å²) in [6.07, 6.45) is 3.36. The fourth-order valence-corrected chi connectivity index (χ4v) is 2.62. The first-order chi connectivity index (χ1) is 12.6. The minimum Gasteiger partial charge on any atom is -0.457 e. The molecule has 0 saturated heterocycles. The van der Waals surface area contributed by atoms with Crippen molar-refractivity contribution in [3.63, 3.8) is 0 Å². The van der Waals surface area contributed by atoms with Crippen molar-refractivity contribution < 1.29 is 9.53 Å². The van der Waals surface area contributed by atoms with Crippen molar-refractivity contribution in [1.29, 1.82) is 0 Å². The Labute approximate surface area is 153 Å². The van der Waals surface area contributed by atoms with Gasteiger partial charge in [-0.05, 0) is 73.5 Å². The highest BCUT2D eigenvalue weighted by molar-refractivity contribution is 5.93. The molecule has 26 heavy (non-hydrogen) atoms. The molecule has 5 nitrogen and oxygen atoms in total. The van der Waals surface area contributed by atoms with Gasteiger partial charge in [0.1, 0.15) is 11.5 Å². The lowest BCUT2D eigenvalue weighted by Crippen LogP contribution is -2.21. The lowest BCUT2D eigenvalue weighted by Gasteiger charge is -2.10. The van der Waals surface area contributed by atoms with Crippen LogP contribution in [0.4, 0.5) is 11.4 Å². The van der Waals surface area contributed by atoms with Crippen LogP contribution in [-0.4, -0.2) is 17.4 Å². The Morgan fingerprint density at radius 3 is 2.15 bits per heavy atom. The van der Waals surface area contributed by atoms with E-state index in [1.165, 1.54) is 0 Å². The van der Waals surface area contributed by atoms with Gasteiger partial charge in [0.05, 0.1) is 6.54 Å². The summed E-state index contributed by atoms with van der Waals surface area (Å²) >= 11 is 0. The van der Waals surface area contributed by atoms with Crippen LogP contribution in [0.3, 0.4) is 0 Å². The highest BCUT2D eigenvalue weighted by Crippen LogP contribution is 2.22. The van der Waals surface area contributed by atoms with E-state index < -0.39 is 0 Å². The van der Waals surface area contributed by atoms with Gasteiger partial charge in [0.25, 0.3) is 0 Å². The summed E-state index contributed by atoms with van der Waals surface area (Å²) in [5.41, 5.74) is 3.91. The summed E-state index contributed by atoms with van der Waals surface area (Å²) in [5, 5.41) is 6.01. The van der Waals surface area contributed by atoms with E-state index in [1.807, 2.05) is 50.2 Å². The molecule has 0 radical (unpaired) electrons. The van der Waals surface area contributed by atoms with E-state index in [-0.39, 0.29) is 12.5 Å². The number of aromatic nitrogens is 1. The number of anilines is 2. The minimum atomic E-state index is -0.0906. The van der Waals surface area contributed by atoms with Gasteiger partial charge in [-0.25, -0.2) is 0 Å². The van der Waals surface area contributed by atoms with Gasteiger partial charge in [-0.1, -0.05) is 6.07 Å². The summed E-state index contributed by atoms with van der Waals surface area (Å²) in [6, 6.07) is 17.0. The molecule has 2 aromatic carbocycles. The van der Waals surface area contributed by atoms with Crippen LogP contribution in [-0.2, 0) is 4.79 Å². The topological polar surface area (TPSA) is 63.2 Å². The van der Waals surface area contributed by atoms with E-state index in [0.29, 0.717) is 0 Å². The normalized spacial score (nSPS) is 10.2. The zero-order chi connectivity index (χ0) is 18.4. The third-order valence-electron chi connectivity index (χ3n) is 3.70. The van der Waals surface area contributed by atoms with Crippen LogP contribution >= 0.6 is 0 Å². The van der Waals surface area contributed by atoms with E-state index in [2.05, 4.69) is 21.7 Å². The van der Waals surface area contributed by atoms with Gasteiger partial charge in [-0.3, -0.25) is 9.78 Å². The Morgan fingerprint density at radius 2 is 1.50 bits per heavy atom. The molecule has 2 N–H and O–H groups in total. The second kappa shape index (κ2) is 8.16. The van der Waals surface area contributed by atoms with Gasteiger partial charge in [-0.15, -0.1) is 0 Å². The van der Waals surface area contributed by atoms with Crippen molar-refractivity contribution in [3.05, 3.63) is 78.1 Å². The number of hydrogen-bond acceptors (Lipinski definition) is 4. The van der Waals surface area contributed by atoms with Gasteiger partial charge in [0.2, 0.25) is 5.91 Å². The second-order valence-electron chi connectivity index (χ2n) is 6.09. The fraction of sp³-hybridized carbons (Fsp3) is 0.143. The Balaban J connectivity index is 1.52. The van der Waals surface area contributed by atoms with Crippen LogP contribution < -0.4 is 15.4 Å². The molecular formula is C21H21N3O2. The van der Waals surface area contributed by atoms with E-state index in [9.17, 15) is 4.79 Å². The molecule has 0 unspecified atom stereocenters. The quantitative estimate of drug-likeness (QED) is 0.687. The zero-order valence-corrected chi connectivity index (χ0v) is 14.8. The molecule has 3 rings (SSSR count). The molecule has 3 aromatic rings. The smallest absolute Gasteiger partial charge is 0.243 e. The maximum absolute atomic E-state index is 12.1. The molecule has 0 spiro atoms. The number of nitrogens with zero attached hydrogens (tertiary/aromatic N) is 1. The number of benzene rings is 2. The maximum Gasteiger partial charge on any atom is 0.243 e. The molecule has 1 heterocycles. The molecule has 0 fully saturated rings. The largest absolute Gasteiger partial charge is 0.457 e. The average molecular weight is 347 g/mol. The first-order valence-electron chi connectivity index (χ1n) is 8.38. The average Bonchev–Trinajstić information content (AvgIpc) is 2.61. The molecule has 0 bridgehead atoms. The predicted molar refractivity (Wildman–Crippen MR) is 104 cm³/mol. The number of ether oxygens (including phenoxy) is 1. The monoisotopic (exact) mass is 347 g/mol. The second-order valence-corrected chi connectivity index (χ2v) is 6.09. The summed E-state index contributed by atoms with van der Waals surface area (Å²) in [4.78, 5) is 16.1. The third-order valence-corrected chi connectivity index (χ3v) is 3.70. The van der Waals surface area contributed by atoms with Gasteiger partial charge in [0, 0.05) is 23.8 Å². The van der Waals surface area contributed by atoms with Crippen molar-refractivity contribution >= 4 is 17.3 Å². The number of pyridine rings is 1. The number of nitrogens with one attached hydrogen (secondary N) is 2. The van der Waals surface area contributed by atoms with Crippen LogP contribution in [0.2, 0.25) is 0 Å². The van der Waals surface area contributed by atoms with Crippen molar-refractivity contribution in [1.82, 2.24) is 4.98 Å². The van der Waals surface area contributed by atoms with Crippen LogP contribution in [0.1, 0.15) is 11.1 Å². The van der Waals surface area contributed by atoms with Gasteiger partial charge in [-0.2, -0.15) is 0 Å². The van der Waals surface area contributed by atoms with Gasteiger partial charge >= 0.3 is 0 Å². The van der Waals surface area contributed by atoms with Crippen LogP contribution in [0.25, 0.3) is 0 Å². The van der Waals surface area contributed by atoms with Crippen molar-refractivity contribution in [3.8, 4) is 11.5 Å². The number of amides is 1. The Morgan fingerprint density at radius 1 is 0.885 bits per heavy atom. The van der Waals surface area contributed by atoms with Crippen LogP contribution in [0, 0.1) is 13.8 Å². The van der Waals surface area contributed by atoms with Crippen molar-refractivity contribution in [2.24, 2.45) is 0 Å². The van der Waals surface area contributed by atoms with Crippen molar-refractivity contribution in [2.75, 3.05) is 17.2 Å². The Kier molecular flexibility index (Phi) is 5.49. The van der Waals surface area contributed by atoms with Crippen LogP contribution in [0.5, 0.6) is 11.5 Å². The lowest BCUT2D eigenvalue weighted by molar-refractivity contribution is -0.114. The van der Waals surface area contributed by atoms with Crippen LogP contribution in [0.15, 0.2) is 67.0 Å². The molecule has 0 saturated carbocycles. The maximum atomic E-state index is 12.1. The Bertz CT molecular complexity index is 857. The first-order valence-corrected chi connectivity index (χ1v) is 8.38. The molecule has 0 aliphatic heterocycles. The molecule has 132 valence electrons. The standard InChI is InChI=1S/C21H21N3O2/c1-15-11-16(2)13-18(12-15)24-21(25)14-23-17-3-5-19(6-4-17)26-20-7-9-22-10-8-20/h3-13,23H,14H2,1-2H3,(H,24,25). The zero-order valence-electron chi connectivity index (χ0n) is 14.8. The molecule has 0 aliphatic carbocycles. The van der Waals surface area contributed by atoms with E-state index in [0.717, 1.165) is 34.0 Å². The lowest BCUT2D eigenvalue weighted by atomic mass is 10.1.